The molecular formula is C7H11NO3. The van der Waals surface area contributed by atoms with Crippen LogP contribution < -0.4 is 0 Å². The Morgan fingerprint density at radius 2 is 2.36 bits per heavy atom. The molecule has 11 heavy (non-hydrogen) atoms. The Hall–Kier alpha value is -1.03. The average molecular weight is 157 g/mol. The van der Waals surface area contributed by atoms with Gasteiger partial charge < -0.3 is 5.11 Å². The maximum absolute atomic E-state index is 10.4. The topological polar surface area (TPSA) is 49.8 Å². The molecule has 0 saturated carbocycles. The first-order valence-corrected chi connectivity index (χ1v) is 3.59. The summed E-state index contributed by atoms with van der Waals surface area (Å²) in [5.41, 5.74) is 0. The van der Waals surface area contributed by atoms with Crippen molar-refractivity contribution >= 4 is 6.09 Å². The highest BCUT2D eigenvalue weighted by molar-refractivity contribution is 5.63. The molecule has 1 amide bonds. The molecule has 0 spiro atoms. The van der Waals surface area contributed by atoms with E-state index in [4.69, 9.17) is 9.94 Å². The van der Waals surface area contributed by atoms with Crippen LogP contribution >= 0.6 is 0 Å². The second-order valence-corrected chi connectivity index (χ2v) is 2.29. The molecule has 1 aliphatic rings. The monoisotopic (exact) mass is 157 g/mol. The minimum Gasteiger partial charge on any atom is -0.463 e. The van der Waals surface area contributed by atoms with Crippen LogP contribution in [0.3, 0.4) is 0 Å². The van der Waals surface area contributed by atoms with Crippen LogP contribution in [0.5, 0.6) is 0 Å². The first-order valence-electron chi connectivity index (χ1n) is 3.59. The second kappa shape index (κ2) is 3.98. The van der Waals surface area contributed by atoms with Crippen LogP contribution in [0.2, 0.25) is 0 Å². The maximum Gasteiger partial charge on any atom is 0.431 e. The number of nitrogens with zero attached hydrogens (tertiary/aromatic N) is 1. The van der Waals surface area contributed by atoms with E-state index in [0.717, 1.165) is 17.9 Å². The van der Waals surface area contributed by atoms with Crippen molar-refractivity contribution in [1.82, 2.24) is 5.06 Å². The van der Waals surface area contributed by atoms with Gasteiger partial charge >= 0.3 is 6.09 Å². The third-order valence-electron chi connectivity index (χ3n) is 1.41. The number of hydrogen-bond donors (Lipinski definition) is 1. The molecule has 0 atom stereocenters. The van der Waals surface area contributed by atoms with Gasteiger partial charge in [-0.2, -0.15) is 5.06 Å². The van der Waals surface area contributed by atoms with Crippen molar-refractivity contribution < 1.29 is 14.7 Å². The lowest BCUT2D eigenvalue weighted by Crippen LogP contribution is -2.30. The highest BCUT2D eigenvalue weighted by Crippen LogP contribution is 2.01. The number of hydroxylamine groups is 2. The van der Waals surface area contributed by atoms with Gasteiger partial charge in [0, 0.05) is 0 Å². The first-order chi connectivity index (χ1) is 5.30. The van der Waals surface area contributed by atoms with Crippen LogP contribution in [0.15, 0.2) is 12.2 Å². The fourth-order valence-corrected chi connectivity index (χ4v) is 0.850. The Labute approximate surface area is 65.0 Å². The van der Waals surface area contributed by atoms with E-state index in [2.05, 4.69) is 0 Å². The minimum atomic E-state index is -1.03. The summed E-state index contributed by atoms with van der Waals surface area (Å²) < 4.78 is 0. The second-order valence-electron chi connectivity index (χ2n) is 2.29. The lowest BCUT2D eigenvalue weighted by molar-refractivity contribution is -0.125. The van der Waals surface area contributed by atoms with Gasteiger partial charge in [0.2, 0.25) is 0 Å². The van der Waals surface area contributed by atoms with E-state index in [1.165, 1.54) is 0 Å². The van der Waals surface area contributed by atoms with Gasteiger partial charge in [-0.25, -0.2) is 4.79 Å². The van der Waals surface area contributed by atoms with E-state index < -0.39 is 6.09 Å². The van der Waals surface area contributed by atoms with Gasteiger partial charge in [0.15, 0.2) is 0 Å². The molecule has 0 aromatic heterocycles. The van der Waals surface area contributed by atoms with Crippen molar-refractivity contribution in [3.63, 3.8) is 0 Å². The predicted molar refractivity (Wildman–Crippen MR) is 39.1 cm³/mol. The summed E-state index contributed by atoms with van der Waals surface area (Å²) in [6.07, 6.45) is 4.58. The van der Waals surface area contributed by atoms with E-state index in [-0.39, 0.29) is 0 Å². The van der Waals surface area contributed by atoms with Gasteiger partial charge in [0.05, 0.1) is 13.2 Å². The van der Waals surface area contributed by atoms with Crippen molar-refractivity contribution in [3.8, 4) is 0 Å². The molecule has 0 aromatic carbocycles. The lowest BCUT2D eigenvalue weighted by Gasteiger charge is -2.17. The molecule has 0 aromatic rings. The SMILES string of the molecule is O=C(O)N1C/C=C\CCCO1. The van der Waals surface area contributed by atoms with Gasteiger partial charge in [-0.15, -0.1) is 0 Å². The zero-order valence-corrected chi connectivity index (χ0v) is 6.19. The summed E-state index contributed by atoms with van der Waals surface area (Å²) in [7, 11) is 0. The third-order valence-corrected chi connectivity index (χ3v) is 1.41. The number of amides is 1. The Morgan fingerprint density at radius 3 is 3.09 bits per heavy atom. The van der Waals surface area contributed by atoms with Crippen molar-refractivity contribution in [2.45, 2.75) is 12.8 Å². The van der Waals surface area contributed by atoms with Crippen LogP contribution in [0, 0.1) is 0 Å². The van der Waals surface area contributed by atoms with Crippen LogP contribution in [0.25, 0.3) is 0 Å². The fourth-order valence-electron chi connectivity index (χ4n) is 0.850. The predicted octanol–water partition coefficient (Wildman–Crippen LogP) is 1.25. The zero-order valence-electron chi connectivity index (χ0n) is 6.19. The largest absolute Gasteiger partial charge is 0.463 e. The summed E-state index contributed by atoms with van der Waals surface area (Å²) in [6, 6.07) is 0. The number of rotatable bonds is 0. The number of allylic oxidation sites excluding steroid dienone is 1. The molecule has 4 nitrogen and oxygen atoms in total. The van der Waals surface area contributed by atoms with Crippen LogP contribution in [0.1, 0.15) is 12.8 Å². The maximum atomic E-state index is 10.4. The Bertz CT molecular complexity index is 167. The Kier molecular flexibility index (Phi) is 2.92. The minimum absolute atomic E-state index is 0.329. The molecule has 1 rings (SSSR count). The number of carbonyl (C=O) groups is 1. The van der Waals surface area contributed by atoms with Crippen molar-refractivity contribution in [1.29, 1.82) is 0 Å². The fraction of sp³-hybridized carbons (Fsp3) is 0.571. The Morgan fingerprint density at radius 1 is 1.55 bits per heavy atom. The number of hydrogen-bond acceptors (Lipinski definition) is 2. The Balaban J connectivity index is 2.45. The van der Waals surface area contributed by atoms with Crippen LogP contribution in [-0.2, 0) is 4.84 Å². The first kappa shape index (κ1) is 8.07. The molecule has 0 radical (unpaired) electrons. The molecule has 0 aliphatic carbocycles. The summed E-state index contributed by atoms with van der Waals surface area (Å²) in [4.78, 5) is 15.3. The van der Waals surface area contributed by atoms with Crippen LogP contribution in [0.4, 0.5) is 4.79 Å². The van der Waals surface area contributed by atoms with E-state index >= 15 is 0 Å². The third kappa shape index (κ3) is 2.59. The van der Waals surface area contributed by atoms with E-state index in [1.807, 2.05) is 6.08 Å². The molecular weight excluding hydrogens is 146 g/mol. The molecule has 0 unspecified atom stereocenters. The average Bonchev–Trinajstić information content (AvgIpc) is 1.84. The summed E-state index contributed by atoms with van der Waals surface area (Å²) in [5, 5.41) is 9.46. The molecule has 0 saturated heterocycles. The lowest BCUT2D eigenvalue weighted by atomic mass is 10.3. The zero-order chi connectivity index (χ0) is 8.10. The van der Waals surface area contributed by atoms with Gasteiger partial charge in [-0.3, -0.25) is 4.84 Å². The summed E-state index contributed by atoms with van der Waals surface area (Å²) >= 11 is 0. The molecule has 1 N–H and O–H groups in total. The van der Waals surface area contributed by atoms with E-state index in [1.54, 1.807) is 6.08 Å². The standard InChI is InChI=1S/C7H11NO3/c9-7(10)8-5-3-1-2-4-6-11-8/h1,3H,2,4-6H2,(H,9,10)/b3-1-. The van der Waals surface area contributed by atoms with Crippen molar-refractivity contribution in [3.05, 3.63) is 12.2 Å². The van der Waals surface area contributed by atoms with Crippen molar-refractivity contribution in [2.75, 3.05) is 13.2 Å². The van der Waals surface area contributed by atoms with Crippen molar-refractivity contribution in [2.24, 2.45) is 0 Å². The van der Waals surface area contributed by atoms with Gasteiger partial charge in [0.1, 0.15) is 0 Å². The molecule has 0 bridgehead atoms. The van der Waals surface area contributed by atoms with E-state index in [0.29, 0.717) is 13.2 Å². The highest BCUT2D eigenvalue weighted by atomic mass is 16.7. The summed E-state index contributed by atoms with van der Waals surface area (Å²) in [5.74, 6) is 0. The molecule has 4 heteroatoms. The van der Waals surface area contributed by atoms with Gasteiger partial charge in [-0.05, 0) is 12.8 Å². The summed E-state index contributed by atoms with van der Waals surface area (Å²) in [6.45, 7) is 0.811. The van der Waals surface area contributed by atoms with E-state index in [9.17, 15) is 4.79 Å². The highest BCUT2D eigenvalue weighted by Gasteiger charge is 2.10. The van der Waals surface area contributed by atoms with Gasteiger partial charge in [0.25, 0.3) is 0 Å². The number of carboxylic acid groups (broad SMARTS) is 1. The molecule has 1 heterocycles. The molecule has 0 fully saturated rings. The van der Waals surface area contributed by atoms with Gasteiger partial charge in [-0.1, -0.05) is 12.2 Å². The molecule has 62 valence electrons. The quantitative estimate of drug-likeness (QED) is 0.538. The normalized spacial score (nSPS) is 22.0. The van der Waals surface area contributed by atoms with Crippen LogP contribution in [-0.4, -0.2) is 29.4 Å². The smallest absolute Gasteiger partial charge is 0.431 e. The molecule has 1 aliphatic heterocycles.